The zero-order chi connectivity index (χ0) is 14.0. The van der Waals surface area contributed by atoms with Crippen LogP contribution in [0.3, 0.4) is 0 Å². The van der Waals surface area contributed by atoms with E-state index in [1.54, 1.807) is 0 Å². The fourth-order valence-electron chi connectivity index (χ4n) is 2.12. The van der Waals surface area contributed by atoms with E-state index in [1.807, 2.05) is 45.2 Å². The maximum Gasteiger partial charge on any atom is 0.132 e. The van der Waals surface area contributed by atoms with Crippen LogP contribution in [0.2, 0.25) is 0 Å². The molecule has 4 nitrogen and oxygen atoms in total. The van der Waals surface area contributed by atoms with Crippen molar-refractivity contribution >= 4 is 11.5 Å². The molecule has 0 amide bonds. The fraction of sp³-hybridized carbons (Fsp3) is 0.333. The number of aromatic nitrogens is 2. The van der Waals surface area contributed by atoms with Crippen LogP contribution in [0.15, 0.2) is 30.3 Å². The van der Waals surface area contributed by atoms with Gasteiger partial charge in [-0.25, -0.2) is 9.97 Å². The third-order valence-corrected chi connectivity index (χ3v) is 3.29. The van der Waals surface area contributed by atoms with Gasteiger partial charge < -0.3 is 10.6 Å². The molecule has 1 unspecified atom stereocenters. The second-order valence-electron chi connectivity index (χ2n) is 4.87. The summed E-state index contributed by atoms with van der Waals surface area (Å²) in [6.45, 7) is 6.04. The number of anilines is 2. The number of benzene rings is 1. The highest BCUT2D eigenvalue weighted by molar-refractivity contribution is 5.46. The molecular formula is C15H20N4. The van der Waals surface area contributed by atoms with Crippen LogP contribution in [0.25, 0.3) is 0 Å². The molecule has 0 saturated heterocycles. The lowest BCUT2D eigenvalue weighted by molar-refractivity contribution is 0.723. The third kappa shape index (κ3) is 3.02. The number of rotatable bonds is 3. The van der Waals surface area contributed by atoms with E-state index in [2.05, 4.69) is 27.9 Å². The van der Waals surface area contributed by atoms with Crippen molar-refractivity contribution in [3.8, 4) is 0 Å². The molecule has 1 atom stereocenters. The minimum Gasteiger partial charge on any atom is -0.399 e. The monoisotopic (exact) mass is 256 g/mol. The molecule has 2 rings (SSSR count). The summed E-state index contributed by atoms with van der Waals surface area (Å²) in [5.74, 6) is 1.72. The van der Waals surface area contributed by atoms with E-state index < -0.39 is 0 Å². The summed E-state index contributed by atoms with van der Waals surface area (Å²) in [4.78, 5) is 10.9. The van der Waals surface area contributed by atoms with Gasteiger partial charge >= 0.3 is 0 Å². The largest absolute Gasteiger partial charge is 0.399 e. The molecule has 0 aliphatic carbocycles. The molecule has 1 aromatic carbocycles. The maximum absolute atomic E-state index is 5.84. The van der Waals surface area contributed by atoms with Gasteiger partial charge in [0.15, 0.2) is 0 Å². The highest BCUT2D eigenvalue weighted by atomic mass is 15.2. The summed E-state index contributed by atoms with van der Waals surface area (Å²) in [5, 5.41) is 0. The fourth-order valence-corrected chi connectivity index (χ4v) is 2.12. The van der Waals surface area contributed by atoms with Crippen LogP contribution < -0.4 is 10.6 Å². The standard InChI is InChI=1S/C15H20N4/c1-10-8-15(18-12(3)17-10)19(4)11(2)13-6-5-7-14(16)9-13/h5-9,11H,16H2,1-4H3. The van der Waals surface area contributed by atoms with Crippen LogP contribution >= 0.6 is 0 Å². The smallest absolute Gasteiger partial charge is 0.132 e. The summed E-state index contributed by atoms with van der Waals surface area (Å²) in [6.07, 6.45) is 0. The maximum atomic E-state index is 5.84. The third-order valence-electron chi connectivity index (χ3n) is 3.29. The van der Waals surface area contributed by atoms with Crippen molar-refractivity contribution in [2.75, 3.05) is 17.7 Å². The summed E-state index contributed by atoms with van der Waals surface area (Å²) in [6, 6.07) is 10.2. The van der Waals surface area contributed by atoms with Gasteiger partial charge in [0.05, 0.1) is 6.04 Å². The predicted molar refractivity (Wildman–Crippen MR) is 79.2 cm³/mol. The van der Waals surface area contributed by atoms with Crippen LogP contribution in [0.5, 0.6) is 0 Å². The Balaban J connectivity index is 2.30. The molecule has 100 valence electrons. The Kier molecular flexibility index (Phi) is 3.69. The lowest BCUT2D eigenvalue weighted by atomic mass is 10.1. The van der Waals surface area contributed by atoms with Crippen LogP contribution in [0.4, 0.5) is 11.5 Å². The number of nitrogens with zero attached hydrogens (tertiary/aromatic N) is 3. The van der Waals surface area contributed by atoms with E-state index in [-0.39, 0.29) is 6.04 Å². The van der Waals surface area contributed by atoms with Crippen molar-refractivity contribution < 1.29 is 0 Å². The highest BCUT2D eigenvalue weighted by Gasteiger charge is 2.14. The predicted octanol–water partition coefficient (Wildman–Crippen LogP) is 2.87. The minimum absolute atomic E-state index is 0.206. The molecule has 0 spiro atoms. The van der Waals surface area contributed by atoms with Gasteiger partial charge in [-0.15, -0.1) is 0 Å². The Bertz CT molecular complexity index is 560. The molecule has 4 heteroatoms. The van der Waals surface area contributed by atoms with E-state index in [4.69, 9.17) is 5.73 Å². The lowest BCUT2D eigenvalue weighted by Crippen LogP contribution is -2.23. The molecule has 0 fully saturated rings. The van der Waals surface area contributed by atoms with Crippen molar-refractivity contribution in [3.05, 3.63) is 47.4 Å². The van der Waals surface area contributed by atoms with Crippen LogP contribution in [0, 0.1) is 13.8 Å². The molecule has 0 bridgehead atoms. The van der Waals surface area contributed by atoms with E-state index in [0.29, 0.717) is 0 Å². The second kappa shape index (κ2) is 5.26. The van der Waals surface area contributed by atoms with E-state index in [0.717, 1.165) is 23.0 Å². The minimum atomic E-state index is 0.206. The van der Waals surface area contributed by atoms with Gasteiger partial charge in [-0.3, -0.25) is 0 Å². The first-order chi connectivity index (χ1) is 8.97. The molecule has 0 aliphatic heterocycles. The van der Waals surface area contributed by atoms with Gasteiger partial charge in [-0.05, 0) is 38.5 Å². The average Bonchev–Trinajstić information content (AvgIpc) is 2.36. The van der Waals surface area contributed by atoms with Crippen LogP contribution in [-0.4, -0.2) is 17.0 Å². The first-order valence-electron chi connectivity index (χ1n) is 6.38. The van der Waals surface area contributed by atoms with Gasteiger partial charge in [0.2, 0.25) is 0 Å². The molecule has 1 heterocycles. The summed E-state index contributed by atoms with van der Waals surface area (Å²) < 4.78 is 0. The van der Waals surface area contributed by atoms with Crippen molar-refractivity contribution in [1.82, 2.24) is 9.97 Å². The quantitative estimate of drug-likeness (QED) is 0.858. The Morgan fingerprint density at radius 1 is 1.16 bits per heavy atom. The van der Waals surface area contributed by atoms with Crippen molar-refractivity contribution in [3.63, 3.8) is 0 Å². The molecule has 0 saturated carbocycles. The first-order valence-corrected chi connectivity index (χ1v) is 6.38. The SMILES string of the molecule is Cc1cc(N(C)C(C)c2cccc(N)c2)nc(C)n1. The number of hydrogen-bond donors (Lipinski definition) is 1. The Hall–Kier alpha value is -2.10. The Morgan fingerprint density at radius 3 is 2.53 bits per heavy atom. The molecule has 0 aliphatic rings. The van der Waals surface area contributed by atoms with Gasteiger partial charge in [-0.1, -0.05) is 12.1 Å². The summed E-state index contributed by atoms with van der Waals surface area (Å²) in [7, 11) is 2.04. The zero-order valence-electron chi connectivity index (χ0n) is 11.9. The van der Waals surface area contributed by atoms with Crippen molar-refractivity contribution in [2.45, 2.75) is 26.8 Å². The van der Waals surface area contributed by atoms with Crippen molar-refractivity contribution in [1.29, 1.82) is 0 Å². The molecule has 0 radical (unpaired) electrons. The Morgan fingerprint density at radius 2 is 1.89 bits per heavy atom. The molecule has 2 N–H and O–H groups in total. The average molecular weight is 256 g/mol. The molecular weight excluding hydrogens is 236 g/mol. The van der Waals surface area contributed by atoms with E-state index in [9.17, 15) is 0 Å². The zero-order valence-corrected chi connectivity index (χ0v) is 11.9. The number of nitrogens with two attached hydrogens (primary N) is 1. The molecule has 2 aromatic rings. The van der Waals surface area contributed by atoms with E-state index in [1.165, 1.54) is 5.56 Å². The normalized spacial score (nSPS) is 12.2. The summed E-state index contributed by atoms with van der Waals surface area (Å²) >= 11 is 0. The van der Waals surface area contributed by atoms with Crippen LogP contribution in [-0.2, 0) is 0 Å². The van der Waals surface area contributed by atoms with Gasteiger partial charge in [0.1, 0.15) is 11.6 Å². The number of nitrogen functional groups attached to an aromatic ring is 1. The topological polar surface area (TPSA) is 55.0 Å². The number of aryl methyl sites for hydroxylation is 2. The highest BCUT2D eigenvalue weighted by Crippen LogP contribution is 2.25. The second-order valence-corrected chi connectivity index (χ2v) is 4.87. The molecule has 19 heavy (non-hydrogen) atoms. The molecule has 1 aromatic heterocycles. The Labute approximate surface area is 114 Å². The van der Waals surface area contributed by atoms with Gasteiger partial charge in [-0.2, -0.15) is 0 Å². The van der Waals surface area contributed by atoms with Gasteiger partial charge in [0.25, 0.3) is 0 Å². The van der Waals surface area contributed by atoms with Crippen molar-refractivity contribution in [2.24, 2.45) is 0 Å². The number of hydrogen-bond acceptors (Lipinski definition) is 4. The van der Waals surface area contributed by atoms with E-state index >= 15 is 0 Å². The van der Waals surface area contributed by atoms with Gasteiger partial charge in [0, 0.05) is 24.5 Å². The van der Waals surface area contributed by atoms with Crippen LogP contribution in [0.1, 0.15) is 30.0 Å². The summed E-state index contributed by atoms with van der Waals surface area (Å²) in [5.41, 5.74) is 8.78. The lowest BCUT2D eigenvalue weighted by Gasteiger charge is -2.27. The first kappa shape index (κ1) is 13.3.